The smallest absolute Gasteiger partial charge is 0.246 e. The van der Waals surface area contributed by atoms with E-state index in [4.69, 9.17) is 4.74 Å². The minimum Gasteiger partial charge on any atom is -0.373 e. The molecule has 1 heterocycles. The van der Waals surface area contributed by atoms with Crippen molar-refractivity contribution in [2.45, 2.75) is 30.9 Å². The summed E-state index contributed by atoms with van der Waals surface area (Å²) in [6, 6.07) is 4.22. The second-order valence-electron chi connectivity index (χ2n) is 5.74. The molecule has 1 aliphatic rings. The third-order valence-corrected chi connectivity index (χ3v) is 5.26. The van der Waals surface area contributed by atoms with Crippen molar-refractivity contribution in [2.75, 3.05) is 26.7 Å². The van der Waals surface area contributed by atoms with Gasteiger partial charge in [-0.1, -0.05) is 6.07 Å². The van der Waals surface area contributed by atoms with Crippen LogP contribution in [0.3, 0.4) is 0 Å². The average molecular weight is 316 g/mol. The Kier molecular flexibility index (Phi) is 4.67. The summed E-state index contributed by atoms with van der Waals surface area (Å²) < 4.78 is 46.1. The summed E-state index contributed by atoms with van der Waals surface area (Å²) >= 11 is 0. The van der Waals surface area contributed by atoms with E-state index in [0.29, 0.717) is 18.7 Å². The molecule has 0 aliphatic carbocycles. The molecule has 2 rings (SSSR count). The first-order chi connectivity index (χ1) is 9.76. The van der Waals surface area contributed by atoms with Gasteiger partial charge in [-0.3, -0.25) is 0 Å². The fraction of sp³-hybridized carbons (Fsp3) is 0.571. The fourth-order valence-electron chi connectivity index (χ4n) is 2.39. The number of sulfonamides is 1. The van der Waals surface area contributed by atoms with Gasteiger partial charge in [0.05, 0.1) is 12.2 Å². The Morgan fingerprint density at radius 1 is 1.43 bits per heavy atom. The van der Waals surface area contributed by atoms with E-state index in [1.54, 1.807) is 13.1 Å². The molecular weight excluding hydrogens is 295 g/mol. The third-order valence-electron chi connectivity index (χ3n) is 3.39. The SMILES string of the molecule is CNCc1ccc(S(=O)(=O)N2CCOC(C)(C)C2)c(F)c1. The Morgan fingerprint density at radius 2 is 2.14 bits per heavy atom. The number of benzene rings is 1. The molecule has 0 saturated carbocycles. The second kappa shape index (κ2) is 6.00. The Morgan fingerprint density at radius 3 is 2.71 bits per heavy atom. The van der Waals surface area contributed by atoms with Gasteiger partial charge in [0.25, 0.3) is 0 Å². The van der Waals surface area contributed by atoms with Gasteiger partial charge in [0.2, 0.25) is 10.0 Å². The van der Waals surface area contributed by atoms with Gasteiger partial charge in [-0.25, -0.2) is 12.8 Å². The van der Waals surface area contributed by atoms with Crippen LogP contribution in [0.25, 0.3) is 0 Å². The van der Waals surface area contributed by atoms with E-state index >= 15 is 0 Å². The predicted molar refractivity (Wildman–Crippen MR) is 78.0 cm³/mol. The zero-order chi connectivity index (χ0) is 15.7. The first-order valence-corrected chi connectivity index (χ1v) is 8.27. The molecule has 1 aromatic carbocycles. The van der Waals surface area contributed by atoms with E-state index in [1.807, 2.05) is 13.8 Å². The highest BCUT2D eigenvalue weighted by molar-refractivity contribution is 7.89. The Labute approximate surface area is 125 Å². The van der Waals surface area contributed by atoms with Gasteiger partial charge in [-0.05, 0) is 38.6 Å². The molecule has 0 aromatic heterocycles. The first kappa shape index (κ1) is 16.4. The van der Waals surface area contributed by atoms with Crippen molar-refractivity contribution in [3.8, 4) is 0 Å². The summed E-state index contributed by atoms with van der Waals surface area (Å²) in [5, 5.41) is 2.90. The summed E-state index contributed by atoms with van der Waals surface area (Å²) in [6.07, 6.45) is 0. The maximum atomic E-state index is 14.2. The highest BCUT2D eigenvalue weighted by Crippen LogP contribution is 2.25. The summed E-state index contributed by atoms with van der Waals surface area (Å²) in [7, 11) is -2.09. The van der Waals surface area contributed by atoms with Crippen LogP contribution in [0.1, 0.15) is 19.4 Å². The fourth-order valence-corrected chi connectivity index (χ4v) is 4.00. The molecule has 0 bridgehead atoms. The van der Waals surface area contributed by atoms with Crippen molar-refractivity contribution in [1.82, 2.24) is 9.62 Å². The topological polar surface area (TPSA) is 58.6 Å². The lowest BCUT2D eigenvalue weighted by atomic mass is 10.1. The molecule has 1 saturated heterocycles. The lowest BCUT2D eigenvalue weighted by Gasteiger charge is -2.37. The van der Waals surface area contributed by atoms with Crippen molar-refractivity contribution in [3.05, 3.63) is 29.6 Å². The molecule has 0 unspecified atom stereocenters. The van der Waals surface area contributed by atoms with Gasteiger partial charge in [-0.15, -0.1) is 0 Å². The molecular formula is C14H21FN2O3S. The van der Waals surface area contributed by atoms with Crippen LogP contribution >= 0.6 is 0 Å². The van der Waals surface area contributed by atoms with Gasteiger partial charge in [0, 0.05) is 19.6 Å². The molecule has 0 radical (unpaired) electrons. The van der Waals surface area contributed by atoms with E-state index in [1.165, 1.54) is 16.4 Å². The zero-order valence-corrected chi connectivity index (χ0v) is 13.3. The zero-order valence-electron chi connectivity index (χ0n) is 12.5. The van der Waals surface area contributed by atoms with Crippen molar-refractivity contribution in [3.63, 3.8) is 0 Å². The minimum absolute atomic E-state index is 0.215. The lowest BCUT2D eigenvalue weighted by Crippen LogP contribution is -2.50. The van der Waals surface area contributed by atoms with E-state index < -0.39 is 21.4 Å². The van der Waals surface area contributed by atoms with Crippen molar-refractivity contribution in [1.29, 1.82) is 0 Å². The van der Waals surface area contributed by atoms with Gasteiger partial charge in [0.1, 0.15) is 10.7 Å². The molecule has 0 amide bonds. The molecule has 1 aromatic rings. The number of morpholine rings is 1. The van der Waals surface area contributed by atoms with Crippen LogP contribution in [0.2, 0.25) is 0 Å². The van der Waals surface area contributed by atoms with Crippen molar-refractivity contribution in [2.24, 2.45) is 0 Å². The highest BCUT2D eigenvalue weighted by atomic mass is 32.2. The maximum Gasteiger partial charge on any atom is 0.246 e. The quantitative estimate of drug-likeness (QED) is 0.911. The van der Waals surface area contributed by atoms with Gasteiger partial charge >= 0.3 is 0 Å². The first-order valence-electron chi connectivity index (χ1n) is 6.83. The minimum atomic E-state index is -3.84. The molecule has 118 valence electrons. The number of nitrogens with zero attached hydrogens (tertiary/aromatic N) is 1. The standard InChI is InChI=1S/C14H21FN2O3S/c1-14(2)10-17(6-7-20-14)21(18,19)13-5-4-11(9-16-3)8-12(13)15/h4-5,8,16H,6-7,9-10H2,1-3H3. The monoisotopic (exact) mass is 316 g/mol. The molecule has 0 atom stereocenters. The van der Waals surface area contributed by atoms with Crippen LogP contribution < -0.4 is 5.32 Å². The van der Waals surface area contributed by atoms with Gasteiger partial charge in [-0.2, -0.15) is 4.31 Å². The number of rotatable bonds is 4. The number of nitrogens with one attached hydrogen (secondary N) is 1. The van der Waals surface area contributed by atoms with Crippen molar-refractivity contribution < 1.29 is 17.5 Å². The largest absolute Gasteiger partial charge is 0.373 e. The average Bonchev–Trinajstić information content (AvgIpc) is 2.37. The van der Waals surface area contributed by atoms with Gasteiger partial charge in [0.15, 0.2) is 0 Å². The number of hydrogen-bond acceptors (Lipinski definition) is 4. The molecule has 1 fully saturated rings. The summed E-state index contributed by atoms with van der Waals surface area (Å²) in [5.74, 6) is -0.716. The van der Waals surface area contributed by atoms with Crippen LogP contribution in [-0.2, 0) is 21.3 Å². The maximum absolute atomic E-state index is 14.2. The van der Waals surface area contributed by atoms with E-state index in [9.17, 15) is 12.8 Å². The van der Waals surface area contributed by atoms with E-state index in [-0.39, 0.29) is 18.0 Å². The van der Waals surface area contributed by atoms with Crippen molar-refractivity contribution >= 4 is 10.0 Å². The molecule has 1 N–H and O–H groups in total. The molecule has 1 aliphatic heterocycles. The summed E-state index contributed by atoms with van der Waals surface area (Å²) in [4.78, 5) is -0.278. The van der Waals surface area contributed by atoms with Crippen LogP contribution in [0, 0.1) is 5.82 Å². The van der Waals surface area contributed by atoms with Gasteiger partial charge < -0.3 is 10.1 Å². The van der Waals surface area contributed by atoms with Crippen LogP contribution in [0.15, 0.2) is 23.1 Å². The number of ether oxygens (including phenoxy) is 1. The second-order valence-corrected chi connectivity index (χ2v) is 7.65. The third kappa shape index (κ3) is 3.60. The molecule has 5 nitrogen and oxygen atoms in total. The number of halogens is 1. The summed E-state index contributed by atoms with van der Waals surface area (Å²) in [5.41, 5.74) is 0.143. The van der Waals surface area contributed by atoms with Crippen LogP contribution in [-0.4, -0.2) is 45.1 Å². The predicted octanol–water partition coefficient (Wildman–Crippen LogP) is 1.34. The molecule has 7 heteroatoms. The van der Waals surface area contributed by atoms with Crippen LogP contribution in [0.4, 0.5) is 4.39 Å². The lowest BCUT2D eigenvalue weighted by molar-refractivity contribution is -0.0640. The number of hydrogen-bond donors (Lipinski definition) is 1. The van der Waals surface area contributed by atoms with Crippen LogP contribution in [0.5, 0.6) is 0 Å². The Balaban J connectivity index is 2.31. The molecule has 21 heavy (non-hydrogen) atoms. The Hall–Kier alpha value is -1.02. The van der Waals surface area contributed by atoms with E-state index in [0.717, 1.165) is 0 Å². The molecule has 0 spiro atoms. The highest BCUT2D eigenvalue weighted by Gasteiger charge is 2.36. The van der Waals surface area contributed by atoms with E-state index in [2.05, 4.69) is 5.32 Å². The normalized spacial score (nSPS) is 19.6. The summed E-state index contributed by atoms with van der Waals surface area (Å²) in [6.45, 7) is 4.89. The Bertz CT molecular complexity index is 617.